The van der Waals surface area contributed by atoms with Gasteiger partial charge in [0.05, 0.1) is 17.6 Å². The molecule has 2 rings (SSSR count). The molecule has 118 valence electrons. The predicted molar refractivity (Wildman–Crippen MR) is 76.7 cm³/mol. The van der Waals surface area contributed by atoms with Gasteiger partial charge in [-0.2, -0.15) is 0 Å². The predicted octanol–water partition coefficient (Wildman–Crippen LogP) is 0.239. The van der Waals surface area contributed by atoms with Gasteiger partial charge in [-0.15, -0.1) is 0 Å². The zero-order chi connectivity index (χ0) is 15.1. The standard InChI is InChI=1S/C13H20N2O5S/c16-13-5-4-12(9-14-13)21(17,18)15-6-2-7-19-10-11-3-1-8-20-11/h4-5,9,11,15H,1-3,6-8,10H2,(H,14,16). The Morgan fingerprint density at radius 1 is 1.43 bits per heavy atom. The Morgan fingerprint density at radius 3 is 2.95 bits per heavy atom. The van der Waals surface area contributed by atoms with Crippen LogP contribution < -0.4 is 10.3 Å². The lowest BCUT2D eigenvalue weighted by Crippen LogP contribution is -2.26. The molecule has 2 N–H and O–H groups in total. The molecule has 0 aliphatic carbocycles. The topological polar surface area (TPSA) is 97.5 Å². The number of aromatic amines is 1. The van der Waals surface area contributed by atoms with Crippen molar-refractivity contribution in [1.29, 1.82) is 0 Å². The number of nitrogens with one attached hydrogen (secondary N) is 2. The average molecular weight is 316 g/mol. The highest BCUT2D eigenvalue weighted by Crippen LogP contribution is 2.11. The first-order chi connectivity index (χ1) is 10.1. The molecule has 1 atom stereocenters. The second-order valence-corrected chi connectivity index (χ2v) is 6.62. The number of hydrogen-bond acceptors (Lipinski definition) is 5. The van der Waals surface area contributed by atoms with Crippen LogP contribution in [-0.4, -0.2) is 45.9 Å². The lowest BCUT2D eigenvalue weighted by Gasteiger charge is -2.10. The molecule has 2 heterocycles. The summed E-state index contributed by atoms with van der Waals surface area (Å²) in [5.74, 6) is 0. The Labute approximate surface area is 123 Å². The van der Waals surface area contributed by atoms with Crippen LogP contribution in [0, 0.1) is 0 Å². The van der Waals surface area contributed by atoms with E-state index in [2.05, 4.69) is 9.71 Å². The van der Waals surface area contributed by atoms with E-state index in [9.17, 15) is 13.2 Å². The van der Waals surface area contributed by atoms with Gasteiger partial charge in [0, 0.05) is 32.0 Å². The molecule has 1 aliphatic heterocycles. The van der Waals surface area contributed by atoms with E-state index < -0.39 is 10.0 Å². The fourth-order valence-corrected chi connectivity index (χ4v) is 3.06. The zero-order valence-electron chi connectivity index (χ0n) is 11.7. The molecule has 1 aliphatic rings. The largest absolute Gasteiger partial charge is 0.379 e. The Hall–Kier alpha value is -1.22. The molecule has 1 aromatic rings. The van der Waals surface area contributed by atoms with Gasteiger partial charge in [0.2, 0.25) is 15.6 Å². The van der Waals surface area contributed by atoms with Crippen molar-refractivity contribution in [3.8, 4) is 0 Å². The minimum Gasteiger partial charge on any atom is -0.379 e. The Kier molecular flexibility index (Phi) is 5.92. The van der Waals surface area contributed by atoms with E-state index in [1.54, 1.807) is 0 Å². The van der Waals surface area contributed by atoms with Crippen LogP contribution in [-0.2, 0) is 19.5 Å². The van der Waals surface area contributed by atoms with Crippen molar-refractivity contribution in [2.45, 2.75) is 30.3 Å². The first-order valence-corrected chi connectivity index (χ1v) is 8.44. The minimum atomic E-state index is -3.58. The number of ether oxygens (including phenoxy) is 2. The van der Waals surface area contributed by atoms with Gasteiger partial charge in [0.15, 0.2) is 0 Å². The Bertz CT molecular complexity index is 572. The molecule has 1 saturated heterocycles. The van der Waals surface area contributed by atoms with Gasteiger partial charge < -0.3 is 14.5 Å². The monoisotopic (exact) mass is 316 g/mol. The van der Waals surface area contributed by atoms with E-state index in [0.29, 0.717) is 19.6 Å². The maximum atomic E-state index is 11.9. The number of sulfonamides is 1. The second-order valence-electron chi connectivity index (χ2n) is 4.85. The van der Waals surface area contributed by atoms with Crippen molar-refractivity contribution in [3.05, 3.63) is 28.7 Å². The highest BCUT2D eigenvalue weighted by atomic mass is 32.2. The summed E-state index contributed by atoms with van der Waals surface area (Å²) in [5, 5.41) is 0. The summed E-state index contributed by atoms with van der Waals surface area (Å²) in [7, 11) is -3.58. The molecular weight excluding hydrogens is 296 g/mol. The average Bonchev–Trinajstić information content (AvgIpc) is 2.96. The molecule has 0 spiro atoms. The fraction of sp³-hybridized carbons (Fsp3) is 0.615. The second kappa shape index (κ2) is 7.69. The highest BCUT2D eigenvalue weighted by Gasteiger charge is 2.15. The lowest BCUT2D eigenvalue weighted by atomic mass is 10.2. The molecule has 0 radical (unpaired) electrons. The summed E-state index contributed by atoms with van der Waals surface area (Å²) < 4.78 is 37.1. The maximum Gasteiger partial charge on any atom is 0.247 e. The summed E-state index contributed by atoms with van der Waals surface area (Å²) in [6.07, 6.45) is 4.04. The Balaban J connectivity index is 1.65. The summed E-state index contributed by atoms with van der Waals surface area (Å²) in [4.78, 5) is 13.3. The SMILES string of the molecule is O=c1ccc(S(=O)(=O)NCCCOCC2CCCO2)c[nH]1. The van der Waals surface area contributed by atoms with E-state index in [0.717, 1.165) is 19.4 Å². The first kappa shape index (κ1) is 16.2. The van der Waals surface area contributed by atoms with Gasteiger partial charge in [-0.3, -0.25) is 4.79 Å². The van der Waals surface area contributed by atoms with Gasteiger partial charge in [-0.1, -0.05) is 0 Å². The van der Waals surface area contributed by atoms with Crippen LogP contribution in [0.4, 0.5) is 0 Å². The summed E-state index contributed by atoms with van der Waals surface area (Å²) in [6, 6.07) is 2.45. The van der Waals surface area contributed by atoms with Crippen molar-refractivity contribution < 1.29 is 17.9 Å². The van der Waals surface area contributed by atoms with E-state index >= 15 is 0 Å². The van der Waals surface area contributed by atoms with Gasteiger partial charge in [-0.25, -0.2) is 13.1 Å². The summed E-state index contributed by atoms with van der Waals surface area (Å²) in [5.41, 5.74) is -0.337. The molecule has 1 unspecified atom stereocenters. The fourth-order valence-electron chi connectivity index (χ4n) is 2.02. The molecule has 1 fully saturated rings. The van der Waals surface area contributed by atoms with Crippen LogP contribution in [0.2, 0.25) is 0 Å². The van der Waals surface area contributed by atoms with Crippen LogP contribution >= 0.6 is 0 Å². The molecule has 0 amide bonds. The quantitative estimate of drug-likeness (QED) is 0.670. The Morgan fingerprint density at radius 2 is 2.29 bits per heavy atom. The van der Waals surface area contributed by atoms with Crippen molar-refractivity contribution >= 4 is 10.0 Å². The number of H-pyrrole nitrogens is 1. The molecule has 21 heavy (non-hydrogen) atoms. The molecule has 7 nitrogen and oxygen atoms in total. The third kappa shape index (κ3) is 5.24. The van der Waals surface area contributed by atoms with Gasteiger partial charge in [0.25, 0.3) is 0 Å². The molecule has 0 saturated carbocycles. The zero-order valence-corrected chi connectivity index (χ0v) is 12.5. The van der Waals surface area contributed by atoms with Crippen molar-refractivity contribution in [2.24, 2.45) is 0 Å². The molecule has 0 aromatic carbocycles. The van der Waals surface area contributed by atoms with Crippen molar-refractivity contribution in [1.82, 2.24) is 9.71 Å². The van der Waals surface area contributed by atoms with Crippen LogP contribution in [0.25, 0.3) is 0 Å². The molecular formula is C13H20N2O5S. The minimum absolute atomic E-state index is 0.0439. The maximum absolute atomic E-state index is 11.9. The van der Waals surface area contributed by atoms with E-state index in [1.165, 1.54) is 18.3 Å². The van der Waals surface area contributed by atoms with Crippen LogP contribution in [0.5, 0.6) is 0 Å². The number of rotatable bonds is 8. The molecule has 0 bridgehead atoms. The van der Waals surface area contributed by atoms with Gasteiger partial charge in [-0.05, 0) is 25.3 Å². The molecule has 1 aromatic heterocycles. The number of hydrogen-bond donors (Lipinski definition) is 2. The molecule has 8 heteroatoms. The van der Waals surface area contributed by atoms with Crippen molar-refractivity contribution in [3.63, 3.8) is 0 Å². The number of aromatic nitrogens is 1. The van der Waals surface area contributed by atoms with Gasteiger partial charge >= 0.3 is 0 Å². The van der Waals surface area contributed by atoms with Crippen LogP contribution in [0.15, 0.2) is 28.0 Å². The van der Waals surface area contributed by atoms with Gasteiger partial charge in [0.1, 0.15) is 0 Å². The van der Waals surface area contributed by atoms with Crippen molar-refractivity contribution in [2.75, 3.05) is 26.4 Å². The third-order valence-electron chi connectivity index (χ3n) is 3.15. The lowest BCUT2D eigenvalue weighted by molar-refractivity contribution is 0.0169. The van der Waals surface area contributed by atoms with E-state index in [1.807, 2.05) is 0 Å². The smallest absolute Gasteiger partial charge is 0.247 e. The summed E-state index contributed by atoms with van der Waals surface area (Å²) >= 11 is 0. The summed E-state index contributed by atoms with van der Waals surface area (Å²) in [6.45, 7) is 2.13. The first-order valence-electron chi connectivity index (χ1n) is 6.96. The van der Waals surface area contributed by atoms with E-state index in [-0.39, 0.29) is 23.1 Å². The van der Waals surface area contributed by atoms with Crippen LogP contribution in [0.3, 0.4) is 0 Å². The number of pyridine rings is 1. The van der Waals surface area contributed by atoms with E-state index in [4.69, 9.17) is 9.47 Å². The van der Waals surface area contributed by atoms with Crippen LogP contribution in [0.1, 0.15) is 19.3 Å². The highest BCUT2D eigenvalue weighted by molar-refractivity contribution is 7.89. The third-order valence-corrected chi connectivity index (χ3v) is 4.61. The normalized spacial score (nSPS) is 19.0.